The van der Waals surface area contributed by atoms with Gasteiger partial charge in [0, 0.05) is 18.5 Å². The summed E-state index contributed by atoms with van der Waals surface area (Å²) in [5, 5.41) is 14.4. The summed E-state index contributed by atoms with van der Waals surface area (Å²) in [6.07, 6.45) is -6.57. The van der Waals surface area contributed by atoms with Crippen LogP contribution in [-0.4, -0.2) is 50.8 Å². The van der Waals surface area contributed by atoms with E-state index in [-0.39, 0.29) is 11.5 Å². The third kappa shape index (κ3) is 4.65. The molecule has 2 atom stereocenters. The number of aliphatic hydroxyl groups is 1. The fraction of sp³-hybridized carbons (Fsp3) is 0.688. The molecule has 0 saturated heterocycles. The van der Waals surface area contributed by atoms with Crippen LogP contribution in [0.5, 0.6) is 0 Å². The van der Waals surface area contributed by atoms with Gasteiger partial charge in [-0.25, -0.2) is 13.2 Å². The molecule has 1 heterocycles. The van der Waals surface area contributed by atoms with Crippen LogP contribution in [0.15, 0.2) is 5.83 Å². The Labute approximate surface area is 156 Å². The Balaban J connectivity index is 1.93. The number of allylic oxidation sites excluding steroid dienone is 1. The fourth-order valence-electron chi connectivity index (χ4n) is 2.60. The number of nitrogens with zero attached hydrogens (tertiary/aromatic N) is 3. The average Bonchev–Trinajstić information content (AvgIpc) is 3.41. The first-order valence-corrected chi connectivity index (χ1v) is 8.75. The lowest BCUT2D eigenvalue weighted by Crippen LogP contribution is -2.37. The van der Waals surface area contributed by atoms with Crippen LogP contribution in [0, 0.1) is 5.92 Å². The van der Waals surface area contributed by atoms with Crippen molar-refractivity contribution in [3.8, 4) is 0 Å². The standard InChI is InChI=1S/C16H19F6N5O/c1-7(16(20,21)22)24-14-26-12(25-13(27-14)23-6-8-2-3-8)9-4-5-15(18,19)11(28)10(9)17/h7-8,11,28H,2-6H2,1H3,(H2,23,24,25,26,27)/t7-,11?/m1/s1. The molecule has 1 fully saturated rings. The number of halogens is 6. The third-order valence-electron chi connectivity index (χ3n) is 4.62. The van der Waals surface area contributed by atoms with Crippen LogP contribution in [0.25, 0.3) is 5.57 Å². The fourth-order valence-corrected chi connectivity index (χ4v) is 2.60. The van der Waals surface area contributed by atoms with E-state index in [4.69, 9.17) is 0 Å². The van der Waals surface area contributed by atoms with Gasteiger partial charge in [0.15, 0.2) is 11.9 Å². The SMILES string of the molecule is C[C@@H](Nc1nc(NCC2CC2)nc(C2=C(F)C(O)C(F)(F)CC2)n1)C(F)(F)F. The highest BCUT2D eigenvalue weighted by molar-refractivity contribution is 5.66. The Morgan fingerprint density at radius 1 is 1.18 bits per heavy atom. The predicted octanol–water partition coefficient (Wildman–Crippen LogP) is 3.53. The molecule has 2 aliphatic carbocycles. The summed E-state index contributed by atoms with van der Waals surface area (Å²) >= 11 is 0. The van der Waals surface area contributed by atoms with E-state index >= 15 is 0 Å². The second-order valence-corrected chi connectivity index (χ2v) is 7.03. The number of aliphatic hydroxyl groups excluding tert-OH is 1. The monoisotopic (exact) mass is 411 g/mol. The second kappa shape index (κ2) is 7.37. The molecule has 1 unspecified atom stereocenters. The maximum absolute atomic E-state index is 14.3. The molecule has 2 aliphatic rings. The molecule has 0 amide bonds. The number of rotatable bonds is 6. The Hall–Kier alpha value is -2.11. The average molecular weight is 411 g/mol. The number of hydrogen-bond donors (Lipinski definition) is 3. The lowest BCUT2D eigenvalue weighted by atomic mass is 9.92. The van der Waals surface area contributed by atoms with Gasteiger partial charge >= 0.3 is 6.18 Å². The van der Waals surface area contributed by atoms with Crippen molar-refractivity contribution >= 4 is 17.5 Å². The zero-order valence-electron chi connectivity index (χ0n) is 14.8. The summed E-state index contributed by atoms with van der Waals surface area (Å²) in [5.41, 5.74) is -0.377. The van der Waals surface area contributed by atoms with Crippen LogP contribution < -0.4 is 10.6 Å². The van der Waals surface area contributed by atoms with Gasteiger partial charge in [0.2, 0.25) is 11.9 Å². The minimum Gasteiger partial charge on any atom is -0.380 e. The molecular weight excluding hydrogens is 392 g/mol. The Bertz CT molecular complexity index is 764. The van der Waals surface area contributed by atoms with Crippen LogP contribution in [0.2, 0.25) is 0 Å². The van der Waals surface area contributed by atoms with E-state index in [9.17, 15) is 31.4 Å². The van der Waals surface area contributed by atoms with Crippen LogP contribution in [-0.2, 0) is 0 Å². The second-order valence-electron chi connectivity index (χ2n) is 7.03. The van der Waals surface area contributed by atoms with Crippen molar-refractivity contribution < 1.29 is 31.4 Å². The van der Waals surface area contributed by atoms with Gasteiger partial charge in [0.25, 0.3) is 5.92 Å². The van der Waals surface area contributed by atoms with Crippen molar-refractivity contribution in [1.29, 1.82) is 0 Å². The molecule has 28 heavy (non-hydrogen) atoms. The van der Waals surface area contributed by atoms with Crippen molar-refractivity contribution in [2.24, 2.45) is 5.92 Å². The molecule has 0 radical (unpaired) electrons. The maximum Gasteiger partial charge on any atom is 0.408 e. The first kappa shape index (κ1) is 20.6. The van der Waals surface area contributed by atoms with Gasteiger partial charge < -0.3 is 15.7 Å². The Morgan fingerprint density at radius 3 is 2.43 bits per heavy atom. The molecule has 12 heteroatoms. The summed E-state index contributed by atoms with van der Waals surface area (Å²) in [6, 6.07) is -2.00. The maximum atomic E-state index is 14.3. The van der Waals surface area contributed by atoms with Gasteiger partial charge in [0.05, 0.1) is 0 Å². The van der Waals surface area contributed by atoms with Gasteiger partial charge in [-0.3, -0.25) is 0 Å². The minimum atomic E-state index is -4.58. The molecule has 6 nitrogen and oxygen atoms in total. The largest absolute Gasteiger partial charge is 0.408 e. The van der Waals surface area contributed by atoms with E-state index in [0.717, 1.165) is 19.8 Å². The predicted molar refractivity (Wildman–Crippen MR) is 88.4 cm³/mol. The lowest BCUT2D eigenvalue weighted by molar-refractivity contribution is -0.138. The first-order valence-electron chi connectivity index (χ1n) is 8.75. The Kier molecular flexibility index (Phi) is 5.43. The van der Waals surface area contributed by atoms with E-state index in [2.05, 4.69) is 25.6 Å². The van der Waals surface area contributed by atoms with Gasteiger partial charge in [-0.1, -0.05) is 0 Å². The highest BCUT2D eigenvalue weighted by atomic mass is 19.4. The van der Waals surface area contributed by atoms with Crippen LogP contribution in [0.1, 0.15) is 38.4 Å². The van der Waals surface area contributed by atoms with Gasteiger partial charge in [-0.05, 0) is 32.1 Å². The summed E-state index contributed by atoms with van der Waals surface area (Å²) in [6.45, 7) is 1.32. The van der Waals surface area contributed by atoms with Crippen molar-refractivity contribution in [3.05, 3.63) is 11.7 Å². The molecule has 1 aromatic heterocycles. The number of hydrogen-bond acceptors (Lipinski definition) is 6. The van der Waals surface area contributed by atoms with Crippen molar-refractivity contribution in [2.45, 2.75) is 56.9 Å². The Morgan fingerprint density at radius 2 is 1.82 bits per heavy atom. The normalized spacial score (nSPS) is 23.5. The van der Waals surface area contributed by atoms with Crippen LogP contribution in [0.3, 0.4) is 0 Å². The zero-order chi connectivity index (χ0) is 20.7. The molecule has 0 spiro atoms. The lowest BCUT2D eigenvalue weighted by Gasteiger charge is -2.27. The first-order chi connectivity index (χ1) is 13.0. The topological polar surface area (TPSA) is 83.0 Å². The third-order valence-corrected chi connectivity index (χ3v) is 4.62. The molecule has 156 valence electrons. The van der Waals surface area contributed by atoms with E-state index in [1.54, 1.807) is 0 Å². The summed E-state index contributed by atoms with van der Waals surface area (Å²) in [7, 11) is 0. The molecule has 3 rings (SSSR count). The minimum absolute atomic E-state index is 0.0964. The number of nitrogens with one attached hydrogen (secondary N) is 2. The molecule has 0 aromatic carbocycles. The highest BCUT2D eigenvalue weighted by Gasteiger charge is 2.46. The number of aromatic nitrogens is 3. The van der Waals surface area contributed by atoms with Gasteiger partial charge in [0.1, 0.15) is 11.9 Å². The number of alkyl halides is 5. The zero-order valence-corrected chi connectivity index (χ0v) is 14.8. The molecule has 1 saturated carbocycles. The van der Waals surface area contributed by atoms with E-state index in [1.807, 2.05) is 0 Å². The molecule has 0 aliphatic heterocycles. The van der Waals surface area contributed by atoms with Crippen LogP contribution >= 0.6 is 0 Å². The molecule has 0 bridgehead atoms. The molecule has 1 aromatic rings. The van der Waals surface area contributed by atoms with E-state index < -0.39 is 54.7 Å². The van der Waals surface area contributed by atoms with Crippen molar-refractivity contribution in [1.82, 2.24) is 15.0 Å². The summed E-state index contributed by atoms with van der Waals surface area (Å²) < 4.78 is 79.7. The molecular formula is C16H19F6N5O. The van der Waals surface area contributed by atoms with E-state index in [0.29, 0.717) is 12.5 Å². The quantitative estimate of drug-likeness (QED) is 0.622. The van der Waals surface area contributed by atoms with Gasteiger partial charge in [-0.2, -0.15) is 28.1 Å². The summed E-state index contributed by atoms with van der Waals surface area (Å²) in [5.74, 6) is -5.71. The van der Waals surface area contributed by atoms with Crippen LogP contribution in [0.4, 0.5) is 38.2 Å². The van der Waals surface area contributed by atoms with E-state index in [1.165, 1.54) is 0 Å². The smallest absolute Gasteiger partial charge is 0.380 e. The van der Waals surface area contributed by atoms with Gasteiger partial charge in [-0.15, -0.1) is 0 Å². The molecule has 3 N–H and O–H groups in total. The number of anilines is 2. The van der Waals surface area contributed by atoms with Crippen molar-refractivity contribution in [2.75, 3.05) is 17.2 Å². The van der Waals surface area contributed by atoms with Crippen molar-refractivity contribution in [3.63, 3.8) is 0 Å². The highest BCUT2D eigenvalue weighted by Crippen LogP contribution is 2.41. The summed E-state index contributed by atoms with van der Waals surface area (Å²) in [4.78, 5) is 11.6.